The van der Waals surface area contributed by atoms with Crippen LogP contribution in [0.25, 0.3) is 11.9 Å². The Morgan fingerprint density at radius 1 is 1.15 bits per heavy atom. The summed E-state index contributed by atoms with van der Waals surface area (Å²) in [5, 5.41) is 4.90. The molecule has 0 unspecified atom stereocenters. The van der Waals surface area contributed by atoms with E-state index in [0.717, 1.165) is 16.7 Å². The summed E-state index contributed by atoms with van der Waals surface area (Å²) >= 11 is 1.28. The molecular formula is C26H35FN4O2S. The van der Waals surface area contributed by atoms with Gasteiger partial charge in [-0.15, -0.1) is 11.3 Å². The van der Waals surface area contributed by atoms with Gasteiger partial charge in [0.1, 0.15) is 5.82 Å². The maximum atomic E-state index is 14.4. The molecule has 2 amide bonds. The first-order valence-corrected chi connectivity index (χ1v) is 12.9. The minimum absolute atomic E-state index is 0.0247. The average molecular weight is 487 g/mol. The first kappa shape index (κ1) is 27.4. The largest absolute Gasteiger partial charge is 0.339 e. The van der Waals surface area contributed by atoms with Gasteiger partial charge >= 0.3 is 0 Å². The molecular weight excluding hydrogens is 451 g/mol. The third kappa shape index (κ3) is 7.87. The standard InChI is InChI=1S/C20H19FN4O2S.C4H10.C2H6/c21-18(20-22-7-10-28-20)14-5-8-25(9-6-14)17(27)4-1-13-11-15-2-3-16(26)24-19(15)23-12-13;1-3-4-2;1-2/h1,4,7,10-12H,2-3,5-6,8-9H2,(H,23,24,26);3-4H2,1-2H3;1-2H3/b4-1+;;. The number of aryl methyl sites for hydroxylation is 1. The third-order valence-electron chi connectivity index (χ3n) is 5.39. The van der Waals surface area contributed by atoms with Gasteiger partial charge in [-0.1, -0.05) is 40.5 Å². The van der Waals surface area contributed by atoms with E-state index in [9.17, 15) is 14.0 Å². The Morgan fingerprint density at radius 2 is 1.85 bits per heavy atom. The maximum absolute atomic E-state index is 14.4. The Bertz CT molecular complexity index is 990. The quantitative estimate of drug-likeness (QED) is 0.517. The molecule has 0 radical (unpaired) electrons. The van der Waals surface area contributed by atoms with E-state index in [0.29, 0.717) is 49.6 Å². The van der Waals surface area contributed by atoms with E-state index < -0.39 is 0 Å². The average Bonchev–Trinajstić information content (AvgIpc) is 3.43. The molecule has 8 heteroatoms. The lowest BCUT2D eigenvalue weighted by Gasteiger charge is -2.27. The Kier molecular flexibility index (Phi) is 11.6. The van der Waals surface area contributed by atoms with Gasteiger partial charge in [0.15, 0.2) is 10.8 Å². The molecule has 4 rings (SSSR count). The minimum atomic E-state index is -0.245. The Hall–Kier alpha value is -2.87. The zero-order valence-corrected chi connectivity index (χ0v) is 21.4. The molecule has 184 valence electrons. The van der Waals surface area contributed by atoms with Crippen LogP contribution in [-0.2, 0) is 16.0 Å². The van der Waals surface area contributed by atoms with Crippen molar-refractivity contribution in [2.24, 2.45) is 0 Å². The van der Waals surface area contributed by atoms with E-state index in [2.05, 4.69) is 29.1 Å². The number of carbonyl (C=O) groups is 2. The molecule has 1 fully saturated rings. The fourth-order valence-corrected chi connectivity index (χ4v) is 3.96. The highest BCUT2D eigenvalue weighted by Crippen LogP contribution is 2.29. The summed E-state index contributed by atoms with van der Waals surface area (Å²) in [6.07, 6.45) is 11.2. The number of hydrogen-bond donors (Lipinski definition) is 1. The van der Waals surface area contributed by atoms with Crippen LogP contribution in [-0.4, -0.2) is 39.8 Å². The Morgan fingerprint density at radius 3 is 2.47 bits per heavy atom. The van der Waals surface area contributed by atoms with Crippen molar-refractivity contribution < 1.29 is 14.0 Å². The molecule has 2 aliphatic rings. The van der Waals surface area contributed by atoms with Gasteiger partial charge in [-0.05, 0) is 48.1 Å². The second-order valence-electron chi connectivity index (χ2n) is 7.74. The van der Waals surface area contributed by atoms with Crippen LogP contribution in [0.15, 0.2) is 35.5 Å². The van der Waals surface area contributed by atoms with E-state index in [1.165, 1.54) is 30.3 Å². The molecule has 2 aromatic rings. The molecule has 2 aliphatic heterocycles. The number of aromatic nitrogens is 2. The number of rotatable bonds is 4. The van der Waals surface area contributed by atoms with Crippen LogP contribution in [0.4, 0.5) is 10.2 Å². The van der Waals surface area contributed by atoms with Crippen LogP contribution in [0.5, 0.6) is 0 Å². The number of halogens is 1. The predicted octanol–water partition coefficient (Wildman–Crippen LogP) is 6.27. The lowest BCUT2D eigenvalue weighted by Crippen LogP contribution is -2.35. The summed E-state index contributed by atoms with van der Waals surface area (Å²) < 4.78 is 14.4. The van der Waals surface area contributed by atoms with Crippen molar-refractivity contribution >= 4 is 40.9 Å². The van der Waals surface area contributed by atoms with Crippen LogP contribution < -0.4 is 5.32 Å². The number of unbranched alkanes of at least 4 members (excludes halogenated alkanes) is 1. The van der Waals surface area contributed by atoms with Crippen LogP contribution in [0, 0.1) is 0 Å². The van der Waals surface area contributed by atoms with Gasteiger partial charge in [0, 0.05) is 43.4 Å². The van der Waals surface area contributed by atoms with Crippen molar-refractivity contribution in [2.75, 3.05) is 18.4 Å². The summed E-state index contributed by atoms with van der Waals surface area (Å²) in [6.45, 7) is 9.34. The molecule has 1 saturated heterocycles. The Balaban J connectivity index is 0.000000618. The lowest BCUT2D eigenvalue weighted by molar-refractivity contribution is -0.126. The number of anilines is 1. The summed E-state index contributed by atoms with van der Waals surface area (Å²) in [5.41, 5.74) is 2.51. The van der Waals surface area contributed by atoms with Crippen molar-refractivity contribution in [3.8, 4) is 0 Å². The number of nitrogens with one attached hydrogen (secondary N) is 1. The number of thiazole rings is 1. The number of nitrogens with zero attached hydrogens (tertiary/aromatic N) is 3. The smallest absolute Gasteiger partial charge is 0.246 e. The van der Waals surface area contributed by atoms with Gasteiger partial charge in [-0.3, -0.25) is 9.59 Å². The van der Waals surface area contributed by atoms with Crippen LogP contribution in [0.1, 0.15) is 75.9 Å². The normalized spacial score (nSPS) is 14.9. The monoisotopic (exact) mass is 486 g/mol. The molecule has 1 N–H and O–H groups in total. The van der Waals surface area contributed by atoms with Crippen LogP contribution in [0.3, 0.4) is 0 Å². The van der Waals surface area contributed by atoms with Crippen molar-refractivity contribution in [1.29, 1.82) is 0 Å². The predicted molar refractivity (Wildman–Crippen MR) is 138 cm³/mol. The third-order valence-corrected chi connectivity index (χ3v) is 6.16. The van der Waals surface area contributed by atoms with Crippen molar-refractivity contribution in [2.45, 2.75) is 66.2 Å². The van der Waals surface area contributed by atoms with E-state index in [1.807, 2.05) is 19.9 Å². The molecule has 0 saturated carbocycles. The number of amides is 2. The van der Waals surface area contributed by atoms with Crippen molar-refractivity contribution in [3.63, 3.8) is 0 Å². The molecule has 0 spiro atoms. The summed E-state index contributed by atoms with van der Waals surface area (Å²) in [7, 11) is 0. The molecule has 0 aromatic carbocycles. The fraction of sp³-hybridized carbons (Fsp3) is 0.462. The first-order valence-electron chi connectivity index (χ1n) is 12.0. The molecule has 0 bridgehead atoms. The number of fused-ring (bicyclic) bond motifs is 1. The molecule has 6 nitrogen and oxygen atoms in total. The summed E-state index contributed by atoms with van der Waals surface area (Å²) in [5.74, 6) is 0.227. The van der Waals surface area contributed by atoms with Gasteiger partial charge in [0.2, 0.25) is 11.8 Å². The molecule has 34 heavy (non-hydrogen) atoms. The maximum Gasteiger partial charge on any atom is 0.246 e. The van der Waals surface area contributed by atoms with Gasteiger partial charge in [0.25, 0.3) is 0 Å². The highest BCUT2D eigenvalue weighted by molar-refractivity contribution is 7.10. The van der Waals surface area contributed by atoms with Gasteiger partial charge < -0.3 is 10.2 Å². The zero-order valence-electron chi connectivity index (χ0n) is 20.6. The lowest BCUT2D eigenvalue weighted by atomic mass is 10.0. The van der Waals surface area contributed by atoms with E-state index in [-0.39, 0.29) is 17.6 Å². The second-order valence-corrected chi connectivity index (χ2v) is 8.63. The zero-order chi connectivity index (χ0) is 24.9. The molecule has 4 heterocycles. The van der Waals surface area contributed by atoms with Gasteiger partial charge in [-0.2, -0.15) is 0 Å². The molecule has 2 aromatic heterocycles. The first-order chi connectivity index (χ1) is 16.5. The highest BCUT2D eigenvalue weighted by Gasteiger charge is 2.21. The highest BCUT2D eigenvalue weighted by atomic mass is 32.1. The number of pyridine rings is 1. The van der Waals surface area contributed by atoms with Gasteiger partial charge in [0.05, 0.1) is 0 Å². The minimum Gasteiger partial charge on any atom is -0.339 e. The van der Waals surface area contributed by atoms with E-state index in [4.69, 9.17) is 0 Å². The summed E-state index contributed by atoms with van der Waals surface area (Å²) in [6, 6.07) is 1.94. The van der Waals surface area contributed by atoms with Crippen LogP contribution >= 0.6 is 11.3 Å². The number of piperidine rings is 1. The van der Waals surface area contributed by atoms with E-state index in [1.54, 1.807) is 28.7 Å². The van der Waals surface area contributed by atoms with Crippen molar-refractivity contribution in [1.82, 2.24) is 14.9 Å². The second kappa shape index (κ2) is 14.4. The summed E-state index contributed by atoms with van der Waals surface area (Å²) in [4.78, 5) is 33.8. The van der Waals surface area contributed by atoms with E-state index >= 15 is 0 Å². The topological polar surface area (TPSA) is 75.2 Å². The number of likely N-dealkylation sites (tertiary alicyclic amines) is 1. The van der Waals surface area contributed by atoms with Crippen LogP contribution in [0.2, 0.25) is 0 Å². The SMILES string of the molecule is CC.CCCC.O=C1CCc2cc(/C=C/C(=O)N3CCC(=C(F)c4nccs4)CC3)cnc2N1. The number of carbonyl (C=O) groups excluding carboxylic acids is 2. The Labute approximate surface area is 206 Å². The number of hydrogen-bond acceptors (Lipinski definition) is 5. The molecule has 0 aliphatic carbocycles. The van der Waals surface area contributed by atoms with Crippen molar-refractivity contribution in [3.05, 3.63) is 51.6 Å². The molecule has 0 atom stereocenters. The fourth-order valence-electron chi connectivity index (χ4n) is 3.34. The van der Waals surface area contributed by atoms with Gasteiger partial charge in [-0.25, -0.2) is 14.4 Å².